The van der Waals surface area contributed by atoms with E-state index in [-0.39, 0.29) is 11.6 Å². The second kappa shape index (κ2) is 9.02. The number of rotatable bonds is 6. The number of pyridine rings is 2. The molecule has 1 fully saturated rings. The fourth-order valence-corrected chi connectivity index (χ4v) is 3.34. The first kappa shape index (κ1) is 19.4. The molecule has 0 radical (unpaired) electrons. The van der Waals surface area contributed by atoms with Gasteiger partial charge >= 0.3 is 0 Å². The summed E-state index contributed by atoms with van der Waals surface area (Å²) in [6, 6.07) is 9.22. The van der Waals surface area contributed by atoms with Gasteiger partial charge < -0.3 is 10.2 Å². The molecule has 1 aliphatic rings. The fraction of sp³-hybridized carbons (Fsp3) is 0.333. The molecule has 1 N–H and O–H groups in total. The lowest BCUT2D eigenvalue weighted by atomic mass is 10.2. The van der Waals surface area contributed by atoms with Crippen molar-refractivity contribution in [2.75, 3.05) is 38.0 Å². The summed E-state index contributed by atoms with van der Waals surface area (Å²) < 4.78 is 14.1. The van der Waals surface area contributed by atoms with Crippen LogP contribution in [0.25, 0.3) is 11.4 Å². The van der Waals surface area contributed by atoms with Crippen molar-refractivity contribution in [2.24, 2.45) is 0 Å². The Morgan fingerprint density at radius 2 is 1.79 bits per heavy atom. The normalized spacial score (nSPS) is 15.4. The minimum atomic E-state index is -0.513. The van der Waals surface area contributed by atoms with Gasteiger partial charge in [-0.25, -0.2) is 19.3 Å². The van der Waals surface area contributed by atoms with Crippen LogP contribution < -0.4 is 5.32 Å². The number of aromatic nitrogens is 4. The van der Waals surface area contributed by atoms with Crippen molar-refractivity contribution in [3.8, 4) is 11.4 Å². The van der Waals surface area contributed by atoms with Gasteiger partial charge in [-0.05, 0) is 30.3 Å². The molecule has 1 saturated heterocycles. The highest BCUT2D eigenvalue weighted by atomic mass is 19.1. The van der Waals surface area contributed by atoms with Gasteiger partial charge in [0.2, 0.25) is 5.95 Å². The molecule has 150 valence electrons. The Bertz CT molecular complexity index is 926. The Hall–Kier alpha value is -2.97. The zero-order chi connectivity index (χ0) is 20.1. The third kappa shape index (κ3) is 4.90. The number of nitrogens with one attached hydrogen (secondary N) is 1. The largest absolute Gasteiger partial charge is 0.309 e. The van der Waals surface area contributed by atoms with Gasteiger partial charge in [0.15, 0.2) is 5.82 Å². The lowest BCUT2D eigenvalue weighted by Gasteiger charge is -2.33. The van der Waals surface area contributed by atoms with Gasteiger partial charge in [-0.2, -0.15) is 0 Å². The Balaban J connectivity index is 1.40. The molecule has 0 spiro atoms. The minimum Gasteiger partial charge on any atom is -0.309 e. The summed E-state index contributed by atoms with van der Waals surface area (Å²) in [7, 11) is 0. The van der Waals surface area contributed by atoms with E-state index in [1.807, 2.05) is 18.3 Å². The van der Waals surface area contributed by atoms with E-state index in [0.717, 1.165) is 51.0 Å². The molecule has 8 heteroatoms. The number of halogens is 1. The van der Waals surface area contributed by atoms with Crippen molar-refractivity contribution in [3.63, 3.8) is 0 Å². The average molecular weight is 393 g/mol. The third-order valence-electron chi connectivity index (χ3n) is 5.03. The summed E-state index contributed by atoms with van der Waals surface area (Å²) in [6.07, 6.45) is 4.60. The molecule has 3 aromatic rings. The highest BCUT2D eigenvalue weighted by molar-refractivity contribution is 5.57. The van der Waals surface area contributed by atoms with Crippen LogP contribution in [0.3, 0.4) is 0 Å². The smallest absolute Gasteiger partial charge is 0.229 e. The zero-order valence-corrected chi connectivity index (χ0v) is 16.4. The van der Waals surface area contributed by atoms with Crippen LogP contribution in [-0.4, -0.2) is 62.5 Å². The number of nitrogens with zero attached hydrogens (tertiary/aromatic N) is 6. The van der Waals surface area contributed by atoms with Crippen LogP contribution in [0.1, 0.15) is 12.5 Å². The van der Waals surface area contributed by atoms with Crippen molar-refractivity contribution >= 4 is 11.8 Å². The fourth-order valence-electron chi connectivity index (χ4n) is 3.34. The zero-order valence-electron chi connectivity index (χ0n) is 16.4. The Kier molecular flexibility index (Phi) is 6.02. The molecule has 4 heterocycles. The van der Waals surface area contributed by atoms with Gasteiger partial charge in [-0.1, -0.05) is 19.1 Å². The highest BCUT2D eigenvalue weighted by Crippen LogP contribution is 2.20. The van der Waals surface area contributed by atoms with E-state index < -0.39 is 5.82 Å². The molecule has 0 aliphatic carbocycles. The first-order chi connectivity index (χ1) is 14.2. The maximum Gasteiger partial charge on any atom is 0.229 e. The lowest BCUT2D eigenvalue weighted by Crippen LogP contribution is -2.45. The predicted molar refractivity (Wildman–Crippen MR) is 110 cm³/mol. The first-order valence-corrected chi connectivity index (χ1v) is 9.82. The van der Waals surface area contributed by atoms with E-state index in [0.29, 0.717) is 11.5 Å². The molecule has 29 heavy (non-hydrogen) atoms. The molecule has 0 saturated carbocycles. The van der Waals surface area contributed by atoms with Crippen molar-refractivity contribution < 1.29 is 4.39 Å². The third-order valence-corrected chi connectivity index (χ3v) is 5.03. The van der Waals surface area contributed by atoms with Gasteiger partial charge in [0, 0.05) is 45.1 Å². The molecule has 1 aliphatic heterocycles. The molecule has 0 amide bonds. The number of piperazine rings is 1. The summed E-state index contributed by atoms with van der Waals surface area (Å²) in [6.45, 7) is 8.59. The SMILES string of the molecule is CCN1CCN(Cc2ccc(Nc3ncc(F)c(-c4ccccn4)n3)nc2)CC1. The maximum atomic E-state index is 14.1. The van der Waals surface area contributed by atoms with Crippen molar-refractivity contribution in [1.82, 2.24) is 29.7 Å². The van der Waals surface area contributed by atoms with E-state index in [1.54, 1.807) is 24.4 Å². The van der Waals surface area contributed by atoms with Gasteiger partial charge in [-0.3, -0.25) is 9.88 Å². The molecule has 3 aromatic heterocycles. The molecule has 0 aromatic carbocycles. The van der Waals surface area contributed by atoms with Crippen molar-refractivity contribution in [1.29, 1.82) is 0 Å². The average Bonchev–Trinajstić information content (AvgIpc) is 2.77. The van der Waals surface area contributed by atoms with Crippen LogP contribution in [0.2, 0.25) is 0 Å². The maximum absolute atomic E-state index is 14.1. The van der Waals surface area contributed by atoms with Gasteiger partial charge in [-0.15, -0.1) is 0 Å². The number of hydrogen-bond donors (Lipinski definition) is 1. The first-order valence-electron chi connectivity index (χ1n) is 9.82. The van der Waals surface area contributed by atoms with E-state index >= 15 is 0 Å². The lowest BCUT2D eigenvalue weighted by molar-refractivity contribution is 0.132. The Morgan fingerprint density at radius 1 is 0.966 bits per heavy atom. The van der Waals surface area contributed by atoms with Gasteiger partial charge in [0.1, 0.15) is 11.5 Å². The van der Waals surface area contributed by atoms with Crippen molar-refractivity contribution in [2.45, 2.75) is 13.5 Å². The number of anilines is 2. The predicted octanol–water partition coefficient (Wildman–Crippen LogP) is 2.95. The van der Waals surface area contributed by atoms with E-state index in [9.17, 15) is 4.39 Å². The van der Waals surface area contributed by atoms with Crippen LogP contribution in [0.4, 0.5) is 16.2 Å². The molecule has 0 unspecified atom stereocenters. The van der Waals surface area contributed by atoms with E-state index in [1.165, 1.54) is 0 Å². The van der Waals surface area contributed by atoms with E-state index in [4.69, 9.17) is 0 Å². The van der Waals surface area contributed by atoms with Crippen molar-refractivity contribution in [3.05, 3.63) is 60.3 Å². The second-order valence-electron chi connectivity index (χ2n) is 6.99. The van der Waals surface area contributed by atoms with Crippen LogP contribution >= 0.6 is 0 Å². The summed E-state index contributed by atoms with van der Waals surface area (Å²) in [5.41, 5.74) is 1.78. The van der Waals surface area contributed by atoms with Crippen LogP contribution in [0, 0.1) is 5.82 Å². The van der Waals surface area contributed by atoms with Crippen LogP contribution in [0.15, 0.2) is 48.9 Å². The monoisotopic (exact) mass is 393 g/mol. The number of hydrogen-bond acceptors (Lipinski definition) is 7. The molecule has 7 nitrogen and oxygen atoms in total. The molecule has 0 atom stereocenters. The van der Waals surface area contributed by atoms with E-state index in [2.05, 4.69) is 42.0 Å². The van der Waals surface area contributed by atoms with Gasteiger partial charge in [0.05, 0.1) is 11.9 Å². The Labute approximate surface area is 169 Å². The summed E-state index contributed by atoms with van der Waals surface area (Å²) in [5.74, 6) is 0.381. The van der Waals surface area contributed by atoms with Gasteiger partial charge in [0.25, 0.3) is 0 Å². The second-order valence-corrected chi connectivity index (χ2v) is 6.99. The molecule has 0 bridgehead atoms. The molecular formula is C21H24FN7. The summed E-state index contributed by atoms with van der Waals surface area (Å²) in [5, 5.41) is 3.04. The quantitative estimate of drug-likeness (QED) is 0.690. The number of likely N-dealkylation sites (N-methyl/N-ethyl adjacent to an activating group) is 1. The topological polar surface area (TPSA) is 70.1 Å². The highest BCUT2D eigenvalue weighted by Gasteiger charge is 2.16. The van der Waals surface area contributed by atoms with Crippen LogP contribution in [0.5, 0.6) is 0 Å². The summed E-state index contributed by atoms with van der Waals surface area (Å²) in [4.78, 5) is 21.8. The minimum absolute atomic E-state index is 0.158. The summed E-state index contributed by atoms with van der Waals surface area (Å²) >= 11 is 0. The Morgan fingerprint density at radius 3 is 2.48 bits per heavy atom. The molecule has 4 rings (SSSR count). The standard InChI is InChI=1S/C21H24FN7/c1-2-28-9-11-29(12-10-28)15-16-6-7-19(24-13-16)26-21-25-14-17(22)20(27-21)18-5-3-4-8-23-18/h3-8,13-14H,2,9-12,15H2,1H3,(H,24,25,26,27). The van der Waals surface area contributed by atoms with Crippen LogP contribution in [-0.2, 0) is 6.54 Å². The molecular weight excluding hydrogens is 369 g/mol.